The lowest BCUT2D eigenvalue weighted by Gasteiger charge is -2.30. The van der Waals surface area contributed by atoms with Crippen LogP contribution in [0.25, 0.3) is 0 Å². The van der Waals surface area contributed by atoms with Crippen molar-refractivity contribution in [2.24, 2.45) is 5.41 Å². The Balaban J connectivity index is 2.60. The van der Waals surface area contributed by atoms with E-state index < -0.39 is 12.0 Å². The lowest BCUT2D eigenvalue weighted by molar-refractivity contribution is -0.138. The number of hydrogen-bond donors (Lipinski definition) is 2. The minimum absolute atomic E-state index is 0.0286. The molecule has 1 unspecified atom stereocenters. The van der Waals surface area contributed by atoms with E-state index in [9.17, 15) is 9.59 Å². The van der Waals surface area contributed by atoms with Gasteiger partial charge in [-0.2, -0.15) is 0 Å². The number of carboxylic acid groups (broad SMARTS) is 1. The molecule has 0 aliphatic carbocycles. The van der Waals surface area contributed by atoms with Gasteiger partial charge in [0.25, 0.3) is 0 Å². The van der Waals surface area contributed by atoms with Crippen molar-refractivity contribution in [1.29, 1.82) is 0 Å². The first-order valence-electron chi connectivity index (χ1n) is 5.51. The highest BCUT2D eigenvalue weighted by atomic mass is 16.4. The first-order valence-corrected chi connectivity index (χ1v) is 5.51. The Bertz CT molecular complexity index is 410. The summed E-state index contributed by atoms with van der Waals surface area (Å²) in [5.74, 6) is -1.26. The Labute approximate surface area is 104 Å². The van der Waals surface area contributed by atoms with Crippen molar-refractivity contribution in [3.63, 3.8) is 0 Å². The molecular formula is C10H17N5O3. The third kappa shape index (κ3) is 4.48. The second-order valence-corrected chi connectivity index (χ2v) is 5.09. The fourth-order valence-corrected chi connectivity index (χ4v) is 1.39. The molecule has 8 nitrogen and oxygen atoms in total. The zero-order valence-electron chi connectivity index (χ0n) is 10.6. The lowest BCUT2D eigenvalue weighted by Crippen LogP contribution is -2.46. The Morgan fingerprint density at radius 2 is 2.11 bits per heavy atom. The molecule has 1 heterocycles. The Kier molecular flexibility index (Phi) is 4.35. The molecule has 0 aliphatic rings. The van der Waals surface area contributed by atoms with E-state index in [1.165, 1.54) is 11.0 Å². The van der Waals surface area contributed by atoms with Gasteiger partial charge in [-0.15, -0.1) is 5.10 Å². The third-order valence-electron chi connectivity index (χ3n) is 2.46. The van der Waals surface area contributed by atoms with Crippen LogP contribution in [-0.2, 0) is 16.1 Å². The maximum atomic E-state index is 11.7. The molecule has 0 aliphatic heterocycles. The highest BCUT2D eigenvalue weighted by molar-refractivity contribution is 5.77. The van der Waals surface area contributed by atoms with E-state index >= 15 is 0 Å². The molecule has 8 heteroatoms. The highest BCUT2D eigenvalue weighted by Gasteiger charge is 2.28. The fraction of sp³-hybridized carbons (Fsp3) is 0.700. The molecule has 1 aromatic rings. The molecule has 0 saturated heterocycles. The van der Waals surface area contributed by atoms with Gasteiger partial charge in [-0.3, -0.25) is 9.59 Å². The molecule has 18 heavy (non-hydrogen) atoms. The smallest absolute Gasteiger partial charge is 0.305 e. The minimum Gasteiger partial charge on any atom is -0.481 e. The van der Waals surface area contributed by atoms with Crippen LogP contribution in [0.5, 0.6) is 0 Å². The molecule has 1 rings (SSSR count). The predicted octanol–water partition coefficient (Wildman–Crippen LogP) is -0.321. The number of tetrazole rings is 1. The average Bonchev–Trinajstić information content (AvgIpc) is 2.67. The van der Waals surface area contributed by atoms with Gasteiger partial charge in [0, 0.05) is 6.04 Å². The predicted molar refractivity (Wildman–Crippen MR) is 61.5 cm³/mol. The maximum absolute atomic E-state index is 11.7. The largest absolute Gasteiger partial charge is 0.481 e. The molecule has 0 bridgehead atoms. The standard InChI is InChI=1S/C10H17N5O3/c1-10(2,3)7(4-9(17)18)12-8(16)5-15-6-11-13-14-15/h6-7H,4-5H2,1-3H3,(H,12,16)(H,17,18). The van der Waals surface area contributed by atoms with Crippen molar-refractivity contribution in [1.82, 2.24) is 25.5 Å². The number of rotatable bonds is 5. The Hall–Kier alpha value is -1.99. The van der Waals surface area contributed by atoms with Gasteiger partial charge in [-0.1, -0.05) is 20.8 Å². The summed E-state index contributed by atoms with van der Waals surface area (Å²) in [6, 6.07) is -0.445. The first kappa shape index (κ1) is 14.1. The van der Waals surface area contributed by atoms with Crippen molar-refractivity contribution < 1.29 is 14.7 Å². The number of nitrogens with zero attached hydrogens (tertiary/aromatic N) is 4. The van der Waals surface area contributed by atoms with Gasteiger partial charge in [0.15, 0.2) is 0 Å². The Morgan fingerprint density at radius 1 is 1.44 bits per heavy atom. The summed E-state index contributed by atoms with van der Waals surface area (Å²) >= 11 is 0. The van der Waals surface area contributed by atoms with Gasteiger partial charge < -0.3 is 10.4 Å². The molecule has 0 fully saturated rings. The van der Waals surface area contributed by atoms with Crippen LogP contribution in [0.15, 0.2) is 6.33 Å². The average molecular weight is 255 g/mol. The maximum Gasteiger partial charge on any atom is 0.305 e. The second kappa shape index (κ2) is 5.56. The molecule has 2 N–H and O–H groups in total. The summed E-state index contributed by atoms with van der Waals surface area (Å²) in [5, 5.41) is 21.9. The van der Waals surface area contributed by atoms with Crippen molar-refractivity contribution in [2.75, 3.05) is 0 Å². The SMILES string of the molecule is CC(C)(C)C(CC(=O)O)NC(=O)Cn1cnnn1. The van der Waals surface area contributed by atoms with Crippen LogP contribution in [0, 0.1) is 5.41 Å². The summed E-state index contributed by atoms with van der Waals surface area (Å²) < 4.78 is 1.27. The van der Waals surface area contributed by atoms with Crippen LogP contribution in [0.4, 0.5) is 0 Å². The van der Waals surface area contributed by atoms with E-state index in [1.807, 2.05) is 20.8 Å². The summed E-state index contributed by atoms with van der Waals surface area (Å²) in [7, 11) is 0. The van der Waals surface area contributed by atoms with Crippen molar-refractivity contribution in [3.05, 3.63) is 6.33 Å². The molecule has 100 valence electrons. The molecule has 1 amide bonds. The molecule has 0 saturated carbocycles. The summed E-state index contributed by atoms with van der Waals surface area (Å²) in [6.45, 7) is 5.59. The number of nitrogens with one attached hydrogen (secondary N) is 1. The summed E-state index contributed by atoms with van der Waals surface area (Å²) in [6.07, 6.45) is 1.20. The van der Waals surface area contributed by atoms with E-state index in [1.54, 1.807) is 0 Å². The van der Waals surface area contributed by atoms with Crippen molar-refractivity contribution in [3.8, 4) is 0 Å². The summed E-state index contributed by atoms with van der Waals surface area (Å²) in [5.41, 5.74) is -0.339. The number of amides is 1. The molecule has 0 radical (unpaired) electrons. The second-order valence-electron chi connectivity index (χ2n) is 5.09. The molecule has 1 aromatic heterocycles. The van der Waals surface area contributed by atoms with Crippen LogP contribution < -0.4 is 5.32 Å². The monoisotopic (exact) mass is 255 g/mol. The number of hydrogen-bond acceptors (Lipinski definition) is 5. The Morgan fingerprint density at radius 3 is 2.56 bits per heavy atom. The van der Waals surface area contributed by atoms with E-state index in [4.69, 9.17) is 5.11 Å². The van der Waals surface area contributed by atoms with Gasteiger partial charge in [-0.25, -0.2) is 4.68 Å². The number of aromatic nitrogens is 4. The number of aliphatic carboxylic acids is 1. The minimum atomic E-state index is -0.947. The topological polar surface area (TPSA) is 110 Å². The zero-order chi connectivity index (χ0) is 13.8. The molecule has 1 atom stereocenters. The van der Waals surface area contributed by atoms with Gasteiger partial charge >= 0.3 is 5.97 Å². The quantitative estimate of drug-likeness (QED) is 0.746. The number of carbonyl (C=O) groups excluding carboxylic acids is 1. The van der Waals surface area contributed by atoms with Crippen LogP contribution in [-0.4, -0.2) is 43.2 Å². The van der Waals surface area contributed by atoms with Crippen LogP contribution in [0.1, 0.15) is 27.2 Å². The van der Waals surface area contributed by atoms with Gasteiger partial charge in [0.05, 0.1) is 6.42 Å². The van der Waals surface area contributed by atoms with Gasteiger partial charge in [-0.05, 0) is 15.8 Å². The zero-order valence-corrected chi connectivity index (χ0v) is 10.6. The van der Waals surface area contributed by atoms with Crippen molar-refractivity contribution >= 4 is 11.9 Å². The number of carbonyl (C=O) groups is 2. The highest BCUT2D eigenvalue weighted by Crippen LogP contribution is 2.21. The van der Waals surface area contributed by atoms with E-state index in [-0.39, 0.29) is 24.3 Å². The lowest BCUT2D eigenvalue weighted by atomic mass is 9.84. The van der Waals surface area contributed by atoms with E-state index in [2.05, 4.69) is 20.8 Å². The van der Waals surface area contributed by atoms with Gasteiger partial charge in [0.2, 0.25) is 5.91 Å². The molecule has 0 aromatic carbocycles. The van der Waals surface area contributed by atoms with Crippen LogP contribution in [0.2, 0.25) is 0 Å². The third-order valence-corrected chi connectivity index (χ3v) is 2.46. The normalized spacial score (nSPS) is 13.1. The van der Waals surface area contributed by atoms with Crippen LogP contribution >= 0.6 is 0 Å². The van der Waals surface area contributed by atoms with Crippen LogP contribution in [0.3, 0.4) is 0 Å². The summed E-state index contributed by atoms with van der Waals surface area (Å²) in [4.78, 5) is 22.5. The molecular weight excluding hydrogens is 238 g/mol. The van der Waals surface area contributed by atoms with Gasteiger partial charge in [0.1, 0.15) is 12.9 Å². The van der Waals surface area contributed by atoms with E-state index in [0.717, 1.165) is 0 Å². The molecule has 0 spiro atoms. The fourth-order valence-electron chi connectivity index (χ4n) is 1.39. The number of carboxylic acids is 1. The first-order chi connectivity index (χ1) is 8.29. The van der Waals surface area contributed by atoms with Crippen molar-refractivity contribution in [2.45, 2.75) is 39.8 Å². The van der Waals surface area contributed by atoms with E-state index in [0.29, 0.717) is 0 Å².